The summed E-state index contributed by atoms with van der Waals surface area (Å²) < 4.78 is 10.4. The van der Waals surface area contributed by atoms with Gasteiger partial charge in [-0.2, -0.15) is 0 Å². The van der Waals surface area contributed by atoms with Gasteiger partial charge in [-0.05, 0) is 19.1 Å². The third-order valence-corrected chi connectivity index (χ3v) is 2.64. The Morgan fingerprint density at radius 2 is 2.47 bits per heavy atom. The summed E-state index contributed by atoms with van der Waals surface area (Å²) in [5.74, 6) is 0.961. The molecule has 1 aromatic heterocycles. The average molecular weight is 211 g/mol. The largest absolute Gasteiger partial charge is 0.469 e. The van der Waals surface area contributed by atoms with Crippen molar-refractivity contribution in [1.82, 2.24) is 5.32 Å². The molecule has 1 fully saturated rings. The molecule has 1 aliphatic heterocycles. The average Bonchev–Trinajstić information content (AvgIpc) is 2.79. The van der Waals surface area contributed by atoms with Gasteiger partial charge in [-0.15, -0.1) is 0 Å². The van der Waals surface area contributed by atoms with Gasteiger partial charge in [-0.1, -0.05) is 0 Å². The van der Waals surface area contributed by atoms with Crippen molar-refractivity contribution in [3.05, 3.63) is 24.2 Å². The van der Waals surface area contributed by atoms with Gasteiger partial charge in [0.15, 0.2) is 0 Å². The zero-order valence-electron chi connectivity index (χ0n) is 8.85. The van der Waals surface area contributed by atoms with Gasteiger partial charge in [0.2, 0.25) is 0 Å². The number of hydrogen-bond donors (Lipinski definition) is 2. The number of hydrogen-bond acceptors (Lipinski definition) is 4. The molecule has 0 amide bonds. The number of rotatable bonds is 4. The Morgan fingerprint density at radius 1 is 1.60 bits per heavy atom. The standard InChI is InChI=1S/C11H17NO3/c1-8(5-9-3-2-4-15-9)12-10-6-14-7-11(10)13/h2-4,8,10-13H,5-7H2,1H3. The molecule has 2 rings (SSSR count). The van der Waals surface area contributed by atoms with Crippen LogP contribution in [0, 0.1) is 0 Å². The molecule has 2 N–H and O–H groups in total. The SMILES string of the molecule is CC(Cc1ccco1)NC1COCC1O. The molecular formula is C11H17NO3. The summed E-state index contributed by atoms with van der Waals surface area (Å²) >= 11 is 0. The number of aliphatic hydroxyl groups excluding tert-OH is 1. The Hall–Kier alpha value is -0.840. The van der Waals surface area contributed by atoms with E-state index in [4.69, 9.17) is 9.15 Å². The van der Waals surface area contributed by atoms with E-state index in [2.05, 4.69) is 12.2 Å². The molecule has 15 heavy (non-hydrogen) atoms. The van der Waals surface area contributed by atoms with E-state index in [0.29, 0.717) is 13.2 Å². The smallest absolute Gasteiger partial charge is 0.105 e. The molecule has 0 aliphatic carbocycles. The fourth-order valence-corrected chi connectivity index (χ4v) is 1.86. The Labute approximate surface area is 89.2 Å². The summed E-state index contributed by atoms with van der Waals surface area (Å²) in [6.07, 6.45) is 2.12. The molecule has 0 bridgehead atoms. The molecule has 1 aromatic rings. The first-order valence-corrected chi connectivity index (χ1v) is 5.30. The minimum Gasteiger partial charge on any atom is -0.469 e. The van der Waals surface area contributed by atoms with Gasteiger partial charge >= 0.3 is 0 Å². The highest BCUT2D eigenvalue weighted by Gasteiger charge is 2.27. The lowest BCUT2D eigenvalue weighted by atomic mass is 10.1. The van der Waals surface area contributed by atoms with Crippen LogP contribution in [0.2, 0.25) is 0 Å². The van der Waals surface area contributed by atoms with Crippen LogP contribution in [-0.2, 0) is 11.2 Å². The first kappa shape index (κ1) is 10.7. The molecule has 0 saturated carbocycles. The third-order valence-electron chi connectivity index (χ3n) is 2.64. The van der Waals surface area contributed by atoms with Crippen molar-refractivity contribution in [3.8, 4) is 0 Å². The van der Waals surface area contributed by atoms with Gasteiger partial charge in [0.25, 0.3) is 0 Å². The second-order valence-electron chi connectivity index (χ2n) is 4.06. The Kier molecular flexibility index (Phi) is 3.41. The quantitative estimate of drug-likeness (QED) is 0.764. The second kappa shape index (κ2) is 4.79. The van der Waals surface area contributed by atoms with E-state index in [-0.39, 0.29) is 18.2 Å². The summed E-state index contributed by atoms with van der Waals surface area (Å²) in [4.78, 5) is 0. The molecule has 2 heterocycles. The molecule has 1 saturated heterocycles. The van der Waals surface area contributed by atoms with E-state index >= 15 is 0 Å². The lowest BCUT2D eigenvalue weighted by Crippen LogP contribution is -2.44. The first-order valence-electron chi connectivity index (χ1n) is 5.30. The van der Waals surface area contributed by atoms with E-state index in [1.54, 1.807) is 6.26 Å². The monoisotopic (exact) mass is 211 g/mol. The number of ether oxygens (including phenoxy) is 1. The van der Waals surface area contributed by atoms with Gasteiger partial charge in [-0.25, -0.2) is 0 Å². The molecule has 0 aromatic carbocycles. The molecule has 0 radical (unpaired) electrons. The predicted octanol–water partition coefficient (Wildman–Crippen LogP) is 0.560. The summed E-state index contributed by atoms with van der Waals surface area (Å²) in [7, 11) is 0. The van der Waals surface area contributed by atoms with Gasteiger partial charge in [0.1, 0.15) is 5.76 Å². The van der Waals surface area contributed by atoms with E-state index in [1.165, 1.54) is 0 Å². The lowest BCUT2D eigenvalue weighted by Gasteiger charge is -2.19. The second-order valence-corrected chi connectivity index (χ2v) is 4.06. The molecule has 4 nitrogen and oxygen atoms in total. The Morgan fingerprint density at radius 3 is 3.07 bits per heavy atom. The Bertz CT molecular complexity index is 286. The zero-order valence-corrected chi connectivity index (χ0v) is 8.85. The third kappa shape index (κ3) is 2.81. The van der Waals surface area contributed by atoms with Crippen molar-refractivity contribution in [2.45, 2.75) is 31.5 Å². The van der Waals surface area contributed by atoms with Crippen molar-refractivity contribution in [2.75, 3.05) is 13.2 Å². The molecular weight excluding hydrogens is 194 g/mol. The summed E-state index contributed by atoms with van der Waals surface area (Å²) in [6, 6.07) is 4.17. The predicted molar refractivity (Wildman–Crippen MR) is 55.6 cm³/mol. The maximum absolute atomic E-state index is 9.55. The van der Waals surface area contributed by atoms with Gasteiger partial charge in [0, 0.05) is 12.5 Å². The van der Waals surface area contributed by atoms with Gasteiger partial charge in [-0.3, -0.25) is 0 Å². The molecule has 4 heteroatoms. The first-order chi connectivity index (χ1) is 7.25. The van der Waals surface area contributed by atoms with Crippen molar-refractivity contribution in [1.29, 1.82) is 0 Å². The van der Waals surface area contributed by atoms with Crippen molar-refractivity contribution < 1.29 is 14.3 Å². The number of aliphatic hydroxyl groups is 1. The van der Waals surface area contributed by atoms with Crippen LogP contribution in [0.5, 0.6) is 0 Å². The number of nitrogens with one attached hydrogen (secondary N) is 1. The van der Waals surface area contributed by atoms with Crippen LogP contribution >= 0.6 is 0 Å². The number of furan rings is 1. The van der Waals surface area contributed by atoms with Gasteiger partial charge in [0.05, 0.1) is 31.6 Å². The highest BCUT2D eigenvalue weighted by atomic mass is 16.5. The fourth-order valence-electron chi connectivity index (χ4n) is 1.86. The molecule has 3 atom stereocenters. The maximum atomic E-state index is 9.55. The van der Waals surface area contributed by atoms with E-state index in [0.717, 1.165) is 12.2 Å². The van der Waals surface area contributed by atoms with Crippen LogP contribution in [0.25, 0.3) is 0 Å². The van der Waals surface area contributed by atoms with Crippen LogP contribution < -0.4 is 5.32 Å². The lowest BCUT2D eigenvalue weighted by molar-refractivity contribution is 0.121. The topological polar surface area (TPSA) is 54.6 Å². The molecule has 0 spiro atoms. The fraction of sp³-hybridized carbons (Fsp3) is 0.636. The van der Waals surface area contributed by atoms with Crippen molar-refractivity contribution in [2.24, 2.45) is 0 Å². The molecule has 3 unspecified atom stereocenters. The van der Waals surface area contributed by atoms with Crippen LogP contribution in [0.1, 0.15) is 12.7 Å². The Balaban J connectivity index is 1.79. The van der Waals surface area contributed by atoms with Crippen molar-refractivity contribution >= 4 is 0 Å². The molecule has 1 aliphatic rings. The van der Waals surface area contributed by atoms with Gasteiger partial charge < -0.3 is 19.6 Å². The van der Waals surface area contributed by atoms with Crippen LogP contribution in [-0.4, -0.2) is 36.5 Å². The zero-order chi connectivity index (χ0) is 10.7. The van der Waals surface area contributed by atoms with Crippen LogP contribution in [0.15, 0.2) is 22.8 Å². The maximum Gasteiger partial charge on any atom is 0.105 e. The minimum absolute atomic E-state index is 0.0509. The summed E-state index contributed by atoms with van der Waals surface area (Å²) in [6.45, 7) is 3.10. The normalized spacial score (nSPS) is 28.1. The molecule has 84 valence electrons. The van der Waals surface area contributed by atoms with E-state index < -0.39 is 0 Å². The van der Waals surface area contributed by atoms with Crippen LogP contribution in [0.4, 0.5) is 0 Å². The highest BCUT2D eigenvalue weighted by Crippen LogP contribution is 2.09. The van der Waals surface area contributed by atoms with E-state index in [1.807, 2.05) is 12.1 Å². The van der Waals surface area contributed by atoms with Crippen LogP contribution in [0.3, 0.4) is 0 Å². The van der Waals surface area contributed by atoms with E-state index in [9.17, 15) is 5.11 Å². The highest BCUT2D eigenvalue weighted by molar-refractivity contribution is 5.00. The summed E-state index contributed by atoms with van der Waals surface area (Å²) in [5, 5.41) is 12.9. The summed E-state index contributed by atoms with van der Waals surface area (Å²) in [5.41, 5.74) is 0. The van der Waals surface area contributed by atoms with Crippen molar-refractivity contribution in [3.63, 3.8) is 0 Å². The minimum atomic E-state index is -0.385.